The zero-order valence-corrected chi connectivity index (χ0v) is 19.1. The Morgan fingerprint density at radius 2 is 1.81 bits per heavy atom. The van der Waals surface area contributed by atoms with Crippen molar-refractivity contribution in [3.63, 3.8) is 0 Å². The van der Waals surface area contributed by atoms with Crippen LogP contribution >= 0.6 is 0 Å². The molecular weight excluding hydrogens is 400 g/mol. The molecule has 0 atom stereocenters. The highest BCUT2D eigenvalue weighted by molar-refractivity contribution is 6.05. The largest absolute Gasteiger partial charge is 0.387 e. The summed E-state index contributed by atoms with van der Waals surface area (Å²) in [7, 11) is 1.86. The van der Waals surface area contributed by atoms with E-state index in [1.807, 2.05) is 54.4 Å². The lowest BCUT2D eigenvalue weighted by molar-refractivity contribution is -0.127. The van der Waals surface area contributed by atoms with Crippen LogP contribution in [0.4, 0.5) is 5.69 Å². The maximum Gasteiger partial charge on any atom is 0.250 e. The van der Waals surface area contributed by atoms with E-state index in [-0.39, 0.29) is 5.91 Å². The van der Waals surface area contributed by atoms with Crippen LogP contribution in [0.3, 0.4) is 0 Å². The van der Waals surface area contributed by atoms with Crippen LogP contribution in [0.25, 0.3) is 17.2 Å². The third-order valence-electron chi connectivity index (χ3n) is 5.52. The number of fused-ring (bicyclic) bond motifs is 1. The molecule has 32 heavy (non-hydrogen) atoms. The fraction of sp³-hybridized carbons (Fsp3) is 0.346. The first-order chi connectivity index (χ1) is 15.5. The fourth-order valence-corrected chi connectivity index (χ4v) is 4.01. The molecule has 1 aliphatic heterocycles. The summed E-state index contributed by atoms with van der Waals surface area (Å²) < 4.78 is 0. The van der Waals surface area contributed by atoms with Crippen LogP contribution in [0, 0.1) is 0 Å². The molecule has 3 N–H and O–H groups in total. The highest BCUT2D eigenvalue weighted by Gasteiger charge is 2.21. The van der Waals surface area contributed by atoms with E-state index in [2.05, 4.69) is 24.2 Å². The van der Waals surface area contributed by atoms with Crippen molar-refractivity contribution in [2.24, 2.45) is 10.7 Å². The van der Waals surface area contributed by atoms with Crippen molar-refractivity contribution in [1.29, 1.82) is 0 Å². The zero-order chi connectivity index (χ0) is 23.1. The molecule has 1 heterocycles. The van der Waals surface area contributed by atoms with Crippen LogP contribution in [0.15, 0.2) is 47.0 Å². The van der Waals surface area contributed by atoms with Gasteiger partial charge in [0.15, 0.2) is 0 Å². The highest BCUT2D eigenvalue weighted by Crippen LogP contribution is 2.32. The molecule has 0 aromatic heterocycles. The molecule has 2 aromatic rings. The number of amidine groups is 1. The number of rotatable bonds is 9. The maximum absolute atomic E-state index is 13.1. The van der Waals surface area contributed by atoms with Crippen molar-refractivity contribution < 1.29 is 9.59 Å². The molecule has 168 valence electrons. The molecule has 0 radical (unpaired) electrons. The number of nitrogens with one attached hydrogen (secondary N) is 1. The Bertz CT molecular complexity index is 1050. The lowest BCUT2D eigenvalue weighted by atomic mass is 9.97. The van der Waals surface area contributed by atoms with Crippen LogP contribution in [0.2, 0.25) is 0 Å². The minimum Gasteiger partial charge on any atom is -0.387 e. The number of hydrogen-bond acceptors (Lipinski definition) is 5. The zero-order valence-electron chi connectivity index (χ0n) is 19.1. The van der Waals surface area contributed by atoms with E-state index in [0.717, 1.165) is 60.2 Å². The normalized spacial score (nSPS) is 13.0. The van der Waals surface area contributed by atoms with Gasteiger partial charge in [-0.15, -0.1) is 0 Å². The summed E-state index contributed by atoms with van der Waals surface area (Å²) in [5.41, 5.74) is 12.1. The third-order valence-corrected chi connectivity index (χ3v) is 5.52. The van der Waals surface area contributed by atoms with E-state index in [1.54, 1.807) is 0 Å². The molecule has 1 amide bonds. The molecule has 6 heteroatoms. The number of amides is 1. The standard InChI is InChI=1S/C26H32N4O2/c1-4-10-30(11-5-2)26(32)22-13-20-8-6-19(14-24(20)29-25(27)15-22)18-7-9-21(17-31)23(12-18)16-28-3/h6-9,12-14,17,28H,4-5,10-11,15-16H2,1-3H3,(H2,27,29). The van der Waals surface area contributed by atoms with Crippen LogP contribution in [-0.2, 0) is 11.3 Å². The smallest absolute Gasteiger partial charge is 0.250 e. The number of aldehydes is 1. The van der Waals surface area contributed by atoms with E-state index in [0.29, 0.717) is 29.9 Å². The van der Waals surface area contributed by atoms with Gasteiger partial charge in [-0.25, -0.2) is 4.99 Å². The van der Waals surface area contributed by atoms with Gasteiger partial charge in [-0.05, 0) is 54.8 Å². The summed E-state index contributed by atoms with van der Waals surface area (Å²) in [5, 5.41) is 3.10. The summed E-state index contributed by atoms with van der Waals surface area (Å²) in [5.74, 6) is 0.463. The summed E-state index contributed by atoms with van der Waals surface area (Å²) in [4.78, 5) is 31.0. The molecule has 0 bridgehead atoms. The summed E-state index contributed by atoms with van der Waals surface area (Å²) in [6.45, 7) is 6.23. The van der Waals surface area contributed by atoms with E-state index >= 15 is 0 Å². The Hall–Kier alpha value is -3.25. The first kappa shape index (κ1) is 23.4. The van der Waals surface area contributed by atoms with Gasteiger partial charge in [0.25, 0.3) is 0 Å². The van der Waals surface area contributed by atoms with E-state index in [9.17, 15) is 9.59 Å². The Balaban J connectivity index is 1.98. The first-order valence-corrected chi connectivity index (χ1v) is 11.2. The minimum atomic E-state index is 0.0323. The van der Waals surface area contributed by atoms with Crippen molar-refractivity contribution in [1.82, 2.24) is 10.2 Å². The first-order valence-electron chi connectivity index (χ1n) is 11.2. The number of aliphatic imine (C=N–C) groups is 1. The molecule has 1 aliphatic rings. The van der Waals surface area contributed by atoms with Crippen molar-refractivity contribution >= 4 is 29.8 Å². The lowest BCUT2D eigenvalue weighted by Gasteiger charge is -2.22. The van der Waals surface area contributed by atoms with Gasteiger partial charge in [-0.3, -0.25) is 9.59 Å². The van der Waals surface area contributed by atoms with Crippen molar-refractivity contribution in [2.45, 2.75) is 39.7 Å². The second-order valence-corrected chi connectivity index (χ2v) is 8.08. The van der Waals surface area contributed by atoms with Crippen LogP contribution in [0.1, 0.15) is 54.6 Å². The molecule has 2 aromatic carbocycles. The number of benzene rings is 2. The Labute approximate surface area is 190 Å². The topological polar surface area (TPSA) is 87.8 Å². The molecule has 0 aliphatic carbocycles. The summed E-state index contributed by atoms with van der Waals surface area (Å²) in [6.07, 6.45) is 4.97. The van der Waals surface area contributed by atoms with Gasteiger partial charge in [-0.2, -0.15) is 0 Å². The van der Waals surface area contributed by atoms with Gasteiger partial charge < -0.3 is 16.0 Å². The highest BCUT2D eigenvalue weighted by atomic mass is 16.2. The van der Waals surface area contributed by atoms with Gasteiger partial charge in [0.05, 0.1) is 5.69 Å². The second-order valence-electron chi connectivity index (χ2n) is 8.08. The fourth-order valence-electron chi connectivity index (χ4n) is 4.01. The molecule has 0 fully saturated rings. The lowest BCUT2D eigenvalue weighted by Crippen LogP contribution is -2.34. The van der Waals surface area contributed by atoms with Crippen molar-refractivity contribution in [3.8, 4) is 11.1 Å². The van der Waals surface area contributed by atoms with Crippen LogP contribution in [-0.4, -0.2) is 43.1 Å². The number of carbonyl (C=O) groups is 2. The quantitative estimate of drug-likeness (QED) is 0.578. The number of hydrogen-bond donors (Lipinski definition) is 2. The van der Waals surface area contributed by atoms with Crippen molar-refractivity contribution in [3.05, 3.63) is 58.7 Å². The number of nitrogens with two attached hydrogens (primary N) is 1. The Morgan fingerprint density at radius 1 is 1.12 bits per heavy atom. The average molecular weight is 433 g/mol. The third kappa shape index (κ3) is 5.32. The molecule has 0 saturated carbocycles. The van der Waals surface area contributed by atoms with E-state index in [4.69, 9.17) is 5.73 Å². The monoisotopic (exact) mass is 432 g/mol. The second kappa shape index (κ2) is 10.9. The minimum absolute atomic E-state index is 0.0323. The van der Waals surface area contributed by atoms with Gasteiger partial charge in [0, 0.05) is 42.8 Å². The van der Waals surface area contributed by atoms with Crippen LogP contribution < -0.4 is 11.1 Å². The Kier molecular flexibility index (Phi) is 7.95. The molecule has 0 saturated heterocycles. The van der Waals surface area contributed by atoms with Crippen molar-refractivity contribution in [2.75, 3.05) is 20.1 Å². The molecule has 0 spiro atoms. The predicted molar refractivity (Wildman–Crippen MR) is 131 cm³/mol. The predicted octanol–water partition coefficient (Wildman–Crippen LogP) is 4.31. The van der Waals surface area contributed by atoms with Crippen LogP contribution in [0.5, 0.6) is 0 Å². The SMILES string of the molecule is CCCN(CCC)C(=O)C1=Cc2ccc(-c3ccc(C=O)c(CNC)c3)cc2N=C(N)C1. The van der Waals surface area contributed by atoms with Gasteiger partial charge in [-0.1, -0.05) is 38.1 Å². The maximum atomic E-state index is 13.1. The molecule has 6 nitrogen and oxygen atoms in total. The van der Waals surface area contributed by atoms with Gasteiger partial charge in [0.1, 0.15) is 12.1 Å². The van der Waals surface area contributed by atoms with E-state index in [1.165, 1.54) is 0 Å². The average Bonchev–Trinajstić information content (AvgIpc) is 2.96. The summed E-state index contributed by atoms with van der Waals surface area (Å²) in [6, 6.07) is 11.8. The van der Waals surface area contributed by atoms with E-state index < -0.39 is 0 Å². The Morgan fingerprint density at radius 3 is 2.47 bits per heavy atom. The molecular formula is C26H32N4O2. The van der Waals surface area contributed by atoms with Gasteiger partial charge in [0.2, 0.25) is 5.91 Å². The number of carbonyl (C=O) groups excluding carboxylic acids is 2. The molecule has 0 unspecified atom stereocenters. The van der Waals surface area contributed by atoms with Gasteiger partial charge >= 0.3 is 0 Å². The summed E-state index contributed by atoms with van der Waals surface area (Å²) >= 11 is 0. The molecule has 3 rings (SSSR count). The number of nitrogens with zero attached hydrogens (tertiary/aromatic N) is 2.